The van der Waals surface area contributed by atoms with E-state index >= 15 is 0 Å². The Morgan fingerprint density at radius 1 is 1.44 bits per heavy atom. The predicted molar refractivity (Wildman–Crippen MR) is 78.1 cm³/mol. The molecule has 2 aromatic rings. The molecule has 0 radical (unpaired) electrons. The zero-order valence-corrected chi connectivity index (χ0v) is 12.1. The van der Waals surface area contributed by atoms with Gasteiger partial charge in [0.15, 0.2) is 0 Å². The van der Waals surface area contributed by atoms with Gasteiger partial charge in [-0.2, -0.15) is 0 Å². The second-order valence-corrected chi connectivity index (χ2v) is 7.09. The van der Waals surface area contributed by atoms with Gasteiger partial charge in [-0.15, -0.1) is 11.3 Å². The summed E-state index contributed by atoms with van der Waals surface area (Å²) in [5.41, 5.74) is 1.66. The van der Waals surface area contributed by atoms with Crippen molar-refractivity contribution in [2.75, 3.05) is 7.05 Å². The van der Waals surface area contributed by atoms with E-state index in [4.69, 9.17) is 4.98 Å². The molecule has 1 aliphatic carbocycles. The van der Waals surface area contributed by atoms with Crippen molar-refractivity contribution in [1.82, 2.24) is 10.3 Å². The lowest BCUT2D eigenvalue weighted by Crippen LogP contribution is -2.31. The molecular formula is C15H20N2S. The molecule has 3 rings (SSSR count). The first kappa shape index (κ1) is 12.1. The highest BCUT2D eigenvalue weighted by Crippen LogP contribution is 2.54. The largest absolute Gasteiger partial charge is 0.316 e. The second-order valence-electron chi connectivity index (χ2n) is 5.97. The number of fused-ring (bicyclic) bond motifs is 1. The molecule has 0 aliphatic heterocycles. The van der Waals surface area contributed by atoms with Gasteiger partial charge >= 0.3 is 0 Å². The van der Waals surface area contributed by atoms with Gasteiger partial charge in [-0.25, -0.2) is 4.98 Å². The van der Waals surface area contributed by atoms with Crippen LogP contribution in [-0.4, -0.2) is 18.1 Å². The summed E-state index contributed by atoms with van der Waals surface area (Å²) in [4.78, 5) is 4.74. The van der Waals surface area contributed by atoms with Crippen molar-refractivity contribution in [1.29, 1.82) is 0 Å². The van der Waals surface area contributed by atoms with Crippen molar-refractivity contribution < 1.29 is 0 Å². The van der Waals surface area contributed by atoms with Gasteiger partial charge in [-0.3, -0.25) is 0 Å². The normalized spacial score (nSPS) is 23.2. The van der Waals surface area contributed by atoms with Crippen LogP contribution in [-0.2, 0) is 6.42 Å². The Hall–Kier alpha value is -0.930. The Labute approximate surface area is 112 Å². The minimum atomic E-state index is 0.518. The third-order valence-electron chi connectivity index (χ3n) is 4.18. The van der Waals surface area contributed by atoms with Gasteiger partial charge in [0.25, 0.3) is 0 Å². The maximum Gasteiger partial charge on any atom is 0.0954 e. The monoisotopic (exact) mass is 260 g/mol. The van der Waals surface area contributed by atoms with Crippen LogP contribution in [0.1, 0.15) is 25.3 Å². The number of likely N-dealkylation sites (N-methyl/N-ethyl adjacent to an activating group) is 1. The first-order valence-corrected chi connectivity index (χ1v) is 7.43. The number of hydrogen-bond donors (Lipinski definition) is 1. The number of nitrogens with zero attached hydrogens (tertiary/aromatic N) is 1. The van der Waals surface area contributed by atoms with E-state index in [1.54, 1.807) is 0 Å². The molecule has 1 N–H and O–H groups in total. The fourth-order valence-corrected chi connectivity index (χ4v) is 3.86. The fourth-order valence-electron chi connectivity index (χ4n) is 2.84. The third kappa shape index (κ3) is 2.17. The summed E-state index contributed by atoms with van der Waals surface area (Å²) in [5, 5.41) is 4.74. The van der Waals surface area contributed by atoms with Crippen molar-refractivity contribution in [3.8, 4) is 0 Å². The summed E-state index contributed by atoms with van der Waals surface area (Å²) in [5.74, 6) is 0.800. The van der Waals surface area contributed by atoms with E-state index in [-0.39, 0.29) is 0 Å². The molecule has 2 nitrogen and oxygen atoms in total. The molecule has 1 saturated carbocycles. The molecule has 0 bridgehead atoms. The van der Waals surface area contributed by atoms with Crippen molar-refractivity contribution in [2.45, 2.75) is 32.7 Å². The molecule has 2 unspecified atom stereocenters. The van der Waals surface area contributed by atoms with Crippen molar-refractivity contribution >= 4 is 21.6 Å². The minimum Gasteiger partial charge on any atom is -0.316 e. The third-order valence-corrected chi connectivity index (χ3v) is 5.24. The van der Waals surface area contributed by atoms with Crippen molar-refractivity contribution in [3.05, 3.63) is 29.3 Å². The highest BCUT2D eigenvalue weighted by atomic mass is 32.1. The second kappa shape index (κ2) is 4.32. The maximum atomic E-state index is 4.74. The molecular weight excluding hydrogens is 240 g/mol. The summed E-state index contributed by atoms with van der Waals surface area (Å²) in [6, 6.07) is 8.98. The molecule has 3 heteroatoms. The molecule has 1 aromatic carbocycles. The first-order chi connectivity index (χ1) is 8.60. The molecule has 1 fully saturated rings. The summed E-state index contributed by atoms with van der Waals surface area (Å²) < 4.78 is 1.30. The topological polar surface area (TPSA) is 24.9 Å². The summed E-state index contributed by atoms with van der Waals surface area (Å²) in [7, 11) is 2.08. The molecule has 96 valence electrons. The summed E-state index contributed by atoms with van der Waals surface area (Å²) in [6.45, 7) is 4.72. The fraction of sp³-hybridized carbons (Fsp3) is 0.533. The molecule has 0 amide bonds. The average molecular weight is 260 g/mol. The quantitative estimate of drug-likeness (QED) is 0.910. The number of benzene rings is 1. The lowest BCUT2D eigenvalue weighted by atomic mass is 10.0. The van der Waals surface area contributed by atoms with Crippen LogP contribution >= 0.6 is 11.3 Å². The van der Waals surface area contributed by atoms with Gasteiger partial charge in [-0.1, -0.05) is 26.0 Å². The first-order valence-electron chi connectivity index (χ1n) is 6.62. The maximum absolute atomic E-state index is 4.74. The predicted octanol–water partition coefficient (Wildman–Crippen LogP) is 3.47. The molecule has 1 heterocycles. The summed E-state index contributed by atoms with van der Waals surface area (Å²) in [6.07, 6.45) is 2.40. The lowest BCUT2D eigenvalue weighted by molar-refractivity contribution is 0.426. The van der Waals surface area contributed by atoms with Crippen molar-refractivity contribution in [2.24, 2.45) is 11.3 Å². The van der Waals surface area contributed by atoms with Crippen LogP contribution in [0.2, 0.25) is 0 Å². The van der Waals surface area contributed by atoms with Gasteiger partial charge in [0.2, 0.25) is 0 Å². The minimum absolute atomic E-state index is 0.518. The molecule has 2 atom stereocenters. The van der Waals surface area contributed by atoms with Gasteiger partial charge < -0.3 is 5.32 Å². The van der Waals surface area contributed by atoms with Gasteiger partial charge in [-0.05, 0) is 36.9 Å². The standard InChI is InChI=1S/C15H20N2S/c1-15(2)9-10(15)12(16-3)8-14-17-11-6-4-5-7-13(11)18-14/h4-7,10,12,16H,8-9H2,1-3H3. The highest BCUT2D eigenvalue weighted by Gasteiger charge is 2.49. The van der Waals surface area contributed by atoms with E-state index in [1.807, 2.05) is 11.3 Å². The van der Waals surface area contributed by atoms with Crippen LogP contribution in [0.25, 0.3) is 10.2 Å². The van der Waals surface area contributed by atoms with E-state index in [1.165, 1.54) is 16.1 Å². The van der Waals surface area contributed by atoms with Crippen LogP contribution in [0.15, 0.2) is 24.3 Å². The SMILES string of the molecule is CNC(Cc1nc2ccccc2s1)C1CC1(C)C. The molecule has 1 aliphatic rings. The molecule has 18 heavy (non-hydrogen) atoms. The molecule has 0 spiro atoms. The number of para-hydroxylation sites is 1. The average Bonchev–Trinajstić information content (AvgIpc) is 2.82. The van der Waals surface area contributed by atoms with Crippen LogP contribution in [0, 0.1) is 11.3 Å². The van der Waals surface area contributed by atoms with Crippen LogP contribution in [0.5, 0.6) is 0 Å². The molecule has 0 saturated heterocycles. The van der Waals surface area contributed by atoms with E-state index < -0.39 is 0 Å². The van der Waals surface area contributed by atoms with Crippen molar-refractivity contribution in [3.63, 3.8) is 0 Å². The Balaban J connectivity index is 1.78. The van der Waals surface area contributed by atoms with Crippen LogP contribution in [0.4, 0.5) is 0 Å². The lowest BCUT2D eigenvalue weighted by Gasteiger charge is -2.16. The van der Waals surface area contributed by atoms with Gasteiger partial charge in [0.05, 0.1) is 15.2 Å². The number of thiazole rings is 1. The Morgan fingerprint density at radius 2 is 2.17 bits per heavy atom. The number of rotatable bonds is 4. The zero-order valence-electron chi connectivity index (χ0n) is 11.2. The van der Waals surface area contributed by atoms with E-state index in [9.17, 15) is 0 Å². The van der Waals surface area contributed by atoms with Crippen LogP contribution in [0.3, 0.4) is 0 Å². The number of nitrogens with one attached hydrogen (secondary N) is 1. The van der Waals surface area contributed by atoms with Gasteiger partial charge in [0, 0.05) is 12.5 Å². The van der Waals surface area contributed by atoms with Crippen LogP contribution < -0.4 is 5.32 Å². The molecule has 1 aromatic heterocycles. The van der Waals surface area contributed by atoms with E-state index in [2.05, 4.69) is 50.5 Å². The van der Waals surface area contributed by atoms with E-state index in [0.29, 0.717) is 11.5 Å². The number of hydrogen-bond acceptors (Lipinski definition) is 3. The number of aromatic nitrogens is 1. The Kier molecular flexibility index (Phi) is 2.91. The Morgan fingerprint density at radius 3 is 2.78 bits per heavy atom. The highest BCUT2D eigenvalue weighted by molar-refractivity contribution is 7.18. The Bertz CT molecular complexity index is 525. The van der Waals surface area contributed by atoms with Gasteiger partial charge in [0.1, 0.15) is 0 Å². The van der Waals surface area contributed by atoms with E-state index in [0.717, 1.165) is 17.9 Å². The summed E-state index contributed by atoms with van der Waals surface area (Å²) >= 11 is 1.84. The zero-order chi connectivity index (χ0) is 12.8. The smallest absolute Gasteiger partial charge is 0.0954 e.